The second-order valence-corrected chi connectivity index (χ2v) is 6.47. The van der Waals surface area contributed by atoms with Gasteiger partial charge in [-0.05, 0) is 46.1 Å². The molecule has 2 aromatic carbocycles. The molecule has 0 atom stereocenters. The first-order chi connectivity index (χ1) is 12.2. The number of nitrogens with zero attached hydrogens (tertiary/aromatic N) is 2. The summed E-state index contributed by atoms with van der Waals surface area (Å²) in [6.07, 6.45) is 1.23. The molecule has 0 unspecified atom stereocenters. The van der Waals surface area contributed by atoms with E-state index < -0.39 is 0 Å². The third-order valence-electron chi connectivity index (χ3n) is 3.64. The summed E-state index contributed by atoms with van der Waals surface area (Å²) in [5.74, 6) is 0.631. The van der Waals surface area contributed by atoms with Gasteiger partial charge in [0.1, 0.15) is 5.75 Å². The SMILES string of the molecule is CCCOc1ccc(C(=O)N(CCC#N)Cc2ccccc2)cc1Br. The van der Waals surface area contributed by atoms with Gasteiger partial charge in [0.25, 0.3) is 5.91 Å². The summed E-state index contributed by atoms with van der Waals surface area (Å²) in [6.45, 7) is 3.56. The van der Waals surface area contributed by atoms with E-state index in [1.807, 2.05) is 37.3 Å². The van der Waals surface area contributed by atoms with Crippen LogP contribution in [-0.4, -0.2) is 24.0 Å². The van der Waals surface area contributed by atoms with E-state index in [2.05, 4.69) is 22.0 Å². The predicted octanol–water partition coefficient (Wildman–Crippen LogP) is 4.79. The summed E-state index contributed by atoms with van der Waals surface area (Å²) in [7, 11) is 0. The maximum atomic E-state index is 12.9. The quantitative estimate of drug-likeness (QED) is 0.639. The smallest absolute Gasteiger partial charge is 0.254 e. The molecule has 0 bridgehead atoms. The molecule has 25 heavy (non-hydrogen) atoms. The van der Waals surface area contributed by atoms with E-state index >= 15 is 0 Å². The lowest BCUT2D eigenvalue weighted by molar-refractivity contribution is 0.0746. The minimum absolute atomic E-state index is 0.0955. The van der Waals surface area contributed by atoms with Crippen LogP contribution < -0.4 is 4.74 Å². The van der Waals surface area contributed by atoms with Gasteiger partial charge in [-0.25, -0.2) is 0 Å². The number of carbonyl (C=O) groups excluding carboxylic acids is 1. The van der Waals surface area contributed by atoms with Crippen molar-refractivity contribution < 1.29 is 9.53 Å². The second kappa shape index (κ2) is 9.85. The molecule has 0 aliphatic heterocycles. The molecule has 2 rings (SSSR count). The number of nitriles is 1. The summed E-state index contributed by atoms with van der Waals surface area (Å²) in [6, 6.07) is 17.2. The van der Waals surface area contributed by atoms with Gasteiger partial charge in [0.15, 0.2) is 0 Å². The molecule has 0 saturated carbocycles. The van der Waals surface area contributed by atoms with Crippen molar-refractivity contribution in [2.45, 2.75) is 26.3 Å². The molecule has 0 spiro atoms. The Morgan fingerprint density at radius 2 is 2.00 bits per heavy atom. The van der Waals surface area contributed by atoms with Crippen LogP contribution in [0.2, 0.25) is 0 Å². The molecule has 5 heteroatoms. The maximum Gasteiger partial charge on any atom is 0.254 e. The first-order valence-corrected chi connectivity index (χ1v) is 9.07. The van der Waals surface area contributed by atoms with Gasteiger partial charge in [0.05, 0.1) is 23.6 Å². The zero-order valence-corrected chi connectivity index (χ0v) is 15.8. The van der Waals surface area contributed by atoms with E-state index in [-0.39, 0.29) is 5.91 Å². The van der Waals surface area contributed by atoms with E-state index in [1.165, 1.54) is 0 Å². The van der Waals surface area contributed by atoms with Crippen LogP contribution >= 0.6 is 15.9 Å². The average Bonchev–Trinajstić information content (AvgIpc) is 2.64. The Labute approximate surface area is 157 Å². The van der Waals surface area contributed by atoms with Crippen LogP contribution in [0, 0.1) is 11.3 Å². The lowest BCUT2D eigenvalue weighted by Gasteiger charge is -2.22. The normalized spacial score (nSPS) is 10.1. The van der Waals surface area contributed by atoms with Gasteiger partial charge in [-0.15, -0.1) is 0 Å². The lowest BCUT2D eigenvalue weighted by atomic mass is 10.1. The molecule has 0 N–H and O–H groups in total. The van der Waals surface area contributed by atoms with Crippen LogP contribution in [0.1, 0.15) is 35.7 Å². The van der Waals surface area contributed by atoms with Crippen molar-refractivity contribution in [3.8, 4) is 11.8 Å². The molecule has 0 aliphatic rings. The fraction of sp³-hybridized carbons (Fsp3) is 0.300. The summed E-state index contributed by atoms with van der Waals surface area (Å²) in [4.78, 5) is 14.6. The third-order valence-corrected chi connectivity index (χ3v) is 4.26. The zero-order valence-electron chi connectivity index (χ0n) is 14.2. The topological polar surface area (TPSA) is 53.3 Å². The van der Waals surface area contributed by atoms with E-state index in [4.69, 9.17) is 10.00 Å². The molecule has 130 valence electrons. The van der Waals surface area contributed by atoms with Crippen molar-refractivity contribution in [1.82, 2.24) is 4.90 Å². The van der Waals surface area contributed by atoms with E-state index in [0.717, 1.165) is 22.2 Å². The molecule has 0 heterocycles. The highest BCUT2D eigenvalue weighted by Gasteiger charge is 2.17. The number of benzene rings is 2. The predicted molar refractivity (Wildman–Crippen MR) is 101 cm³/mol. The molecule has 0 aromatic heterocycles. The van der Waals surface area contributed by atoms with Crippen LogP contribution in [0.25, 0.3) is 0 Å². The lowest BCUT2D eigenvalue weighted by Crippen LogP contribution is -2.31. The second-order valence-electron chi connectivity index (χ2n) is 5.61. The van der Waals surface area contributed by atoms with Crippen molar-refractivity contribution in [2.24, 2.45) is 0 Å². The fourth-order valence-electron chi connectivity index (χ4n) is 2.39. The van der Waals surface area contributed by atoms with Crippen LogP contribution in [0.15, 0.2) is 53.0 Å². The first-order valence-electron chi connectivity index (χ1n) is 8.28. The van der Waals surface area contributed by atoms with Gasteiger partial charge < -0.3 is 9.64 Å². The number of ether oxygens (including phenoxy) is 1. The van der Waals surface area contributed by atoms with Crippen molar-refractivity contribution >= 4 is 21.8 Å². The molecule has 2 aromatic rings. The monoisotopic (exact) mass is 400 g/mol. The Bertz CT molecular complexity index is 741. The van der Waals surface area contributed by atoms with Crippen LogP contribution in [-0.2, 0) is 6.54 Å². The van der Waals surface area contributed by atoms with Gasteiger partial charge in [0.2, 0.25) is 0 Å². The van der Waals surface area contributed by atoms with Gasteiger partial charge in [-0.3, -0.25) is 4.79 Å². The summed E-state index contributed by atoms with van der Waals surface area (Å²) < 4.78 is 6.38. The Hall–Kier alpha value is -2.32. The Morgan fingerprint density at radius 3 is 2.64 bits per heavy atom. The molecular formula is C20H21BrN2O2. The molecule has 0 aliphatic carbocycles. The van der Waals surface area contributed by atoms with Crippen LogP contribution in [0.4, 0.5) is 0 Å². The molecular weight excluding hydrogens is 380 g/mol. The van der Waals surface area contributed by atoms with Gasteiger partial charge >= 0.3 is 0 Å². The van der Waals surface area contributed by atoms with Crippen LogP contribution in [0.5, 0.6) is 5.75 Å². The minimum Gasteiger partial charge on any atom is -0.492 e. The van der Waals surface area contributed by atoms with Gasteiger partial charge in [0, 0.05) is 18.7 Å². The number of halogens is 1. The molecule has 0 radical (unpaired) electrons. The molecule has 1 amide bonds. The fourth-order valence-corrected chi connectivity index (χ4v) is 2.88. The van der Waals surface area contributed by atoms with E-state index in [9.17, 15) is 4.79 Å². The summed E-state index contributed by atoms with van der Waals surface area (Å²) in [5, 5.41) is 8.88. The Kier molecular flexibility index (Phi) is 7.49. The Morgan fingerprint density at radius 1 is 1.24 bits per heavy atom. The number of hydrogen-bond donors (Lipinski definition) is 0. The molecule has 0 fully saturated rings. The number of amides is 1. The van der Waals surface area contributed by atoms with Crippen LogP contribution in [0.3, 0.4) is 0 Å². The Balaban J connectivity index is 2.17. The van der Waals surface area contributed by atoms with Crippen molar-refractivity contribution in [1.29, 1.82) is 5.26 Å². The van der Waals surface area contributed by atoms with Gasteiger partial charge in [-0.1, -0.05) is 37.3 Å². The van der Waals surface area contributed by atoms with Gasteiger partial charge in [-0.2, -0.15) is 5.26 Å². The highest BCUT2D eigenvalue weighted by atomic mass is 79.9. The highest BCUT2D eigenvalue weighted by molar-refractivity contribution is 9.10. The highest BCUT2D eigenvalue weighted by Crippen LogP contribution is 2.27. The summed E-state index contributed by atoms with van der Waals surface area (Å²) >= 11 is 3.47. The van der Waals surface area contributed by atoms with E-state index in [0.29, 0.717) is 31.7 Å². The summed E-state index contributed by atoms with van der Waals surface area (Å²) in [5.41, 5.74) is 1.61. The standard InChI is InChI=1S/C20H21BrN2O2/c1-2-13-25-19-10-9-17(14-18(19)21)20(24)23(12-6-11-22)15-16-7-4-3-5-8-16/h3-5,7-10,14H,2,6,12-13,15H2,1H3. The molecule has 4 nitrogen and oxygen atoms in total. The number of hydrogen-bond acceptors (Lipinski definition) is 3. The first kappa shape index (κ1) is 19.0. The average molecular weight is 401 g/mol. The number of carbonyl (C=O) groups is 1. The maximum absolute atomic E-state index is 12.9. The molecule has 0 saturated heterocycles. The zero-order chi connectivity index (χ0) is 18.1. The van der Waals surface area contributed by atoms with E-state index in [1.54, 1.807) is 23.1 Å². The largest absolute Gasteiger partial charge is 0.492 e. The number of rotatable bonds is 8. The van der Waals surface area contributed by atoms with Crippen molar-refractivity contribution in [3.05, 3.63) is 64.1 Å². The van der Waals surface area contributed by atoms with Crippen molar-refractivity contribution in [3.63, 3.8) is 0 Å². The minimum atomic E-state index is -0.0955. The third kappa shape index (κ3) is 5.61. The van der Waals surface area contributed by atoms with Crippen molar-refractivity contribution in [2.75, 3.05) is 13.2 Å².